The second kappa shape index (κ2) is 7.68. The van der Waals surface area contributed by atoms with E-state index < -0.39 is 16.9 Å². The van der Waals surface area contributed by atoms with Crippen LogP contribution in [0.3, 0.4) is 0 Å². The van der Waals surface area contributed by atoms with Gasteiger partial charge in [0.1, 0.15) is 0 Å². The molecule has 1 heterocycles. The predicted molar refractivity (Wildman–Crippen MR) is 88.4 cm³/mol. The van der Waals surface area contributed by atoms with Crippen LogP contribution in [-0.4, -0.2) is 26.0 Å². The molecule has 7 nitrogen and oxygen atoms in total. The number of nitrogens with one attached hydrogen (secondary N) is 2. The summed E-state index contributed by atoms with van der Waals surface area (Å²) in [6.07, 6.45) is 4.83. The van der Waals surface area contributed by atoms with Gasteiger partial charge < -0.3 is 14.8 Å². The number of rotatable bonds is 8. The minimum atomic E-state index is -2.93. The summed E-state index contributed by atoms with van der Waals surface area (Å²) >= 11 is 0. The molecule has 0 saturated carbocycles. The Balaban J connectivity index is 2.58. The summed E-state index contributed by atoms with van der Waals surface area (Å²) in [4.78, 5) is 11.3. The molecular weight excluding hydrogens is 320 g/mol. The van der Waals surface area contributed by atoms with Crippen molar-refractivity contribution in [1.82, 2.24) is 0 Å². The standard InChI is InChI=1S/C15H18N2O5S/c1-2-3-5-16-12-7-11(15(18)19)8-13(17-23(20)21)14(12)10-4-6-22-9-10/h4,6-9,16,23H,2-3,5H2,1H3,(H,18,19)(H,17,20,21). The Labute approximate surface area is 135 Å². The summed E-state index contributed by atoms with van der Waals surface area (Å²) in [7, 11) is -2.93. The number of anilines is 2. The van der Waals surface area contributed by atoms with Gasteiger partial charge in [-0.15, -0.1) is 0 Å². The predicted octanol–water partition coefficient (Wildman–Crippen LogP) is 2.80. The monoisotopic (exact) mass is 338 g/mol. The van der Waals surface area contributed by atoms with Gasteiger partial charge >= 0.3 is 5.97 Å². The average molecular weight is 338 g/mol. The van der Waals surface area contributed by atoms with Crippen LogP contribution >= 0.6 is 0 Å². The molecule has 0 unspecified atom stereocenters. The van der Waals surface area contributed by atoms with E-state index in [9.17, 15) is 18.3 Å². The van der Waals surface area contributed by atoms with E-state index in [1.54, 1.807) is 6.07 Å². The first kappa shape index (κ1) is 16.9. The van der Waals surface area contributed by atoms with Gasteiger partial charge in [0.2, 0.25) is 10.9 Å². The lowest BCUT2D eigenvalue weighted by Gasteiger charge is -2.16. The topological polar surface area (TPSA) is 109 Å². The van der Waals surface area contributed by atoms with Gasteiger partial charge in [-0.3, -0.25) is 4.72 Å². The fourth-order valence-corrected chi connectivity index (χ4v) is 2.58. The Morgan fingerprint density at radius 1 is 1.30 bits per heavy atom. The number of aromatic carboxylic acids is 1. The molecule has 3 N–H and O–H groups in total. The van der Waals surface area contributed by atoms with Gasteiger partial charge in [-0.2, -0.15) is 0 Å². The zero-order valence-electron chi connectivity index (χ0n) is 12.5. The van der Waals surface area contributed by atoms with Crippen LogP contribution in [0.5, 0.6) is 0 Å². The number of furan rings is 1. The second-order valence-corrected chi connectivity index (χ2v) is 5.65. The van der Waals surface area contributed by atoms with E-state index in [0.29, 0.717) is 23.4 Å². The van der Waals surface area contributed by atoms with Gasteiger partial charge in [0.05, 0.1) is 23.8 Å². The summed E-state index contributed by atoms with van der Waals surface area (Å²) in [5.41, 5.74) is 1.94. The van der Waals surface area contributed by atoms with E-state index in [0.717, 1.165) is 12.8 Å². The largest absolute Gasteiger partial charge is 0.478 e. The lowest BCUT2D eigenvalue weighted by molar-refractivity contribution is 0.0697. The molecule has 124 valence electrons. The molecule has 0 spiro atoms. The number of hydrogen-bond acceptors (Lipinski definition) is 5. The first-order chi connectivity index (χ1) is 11.0. The molecule has 0 aliphatic rings. The van der Waals surface area contributed by atoms with Crippen LogP contribution in [0.15, 0.2) is 35.1 Å². The first-order valence-electron chi connectivity index (χ1n) is 7.11. The Kier molecular flexibility index (Phi) is 5.64. The van der Waals surface area contributed by atoms with Gasteiger partial charge in [0, 0.05) is 23.4 Å². The van der Waals surface area contributed by atoms with Crippen molar-refractivity contribution in [3.05, 3.63) is 36.3 Å². The van der Waals surface area contributed by atoms with Crippen molar-refractivity contribution < 1.29 is 22.7 Å². The highest BCUT2D eigenvalue weighted by atomic mass is 32.2. The highest BCUT2D eigenvalue weighted by Crippen LogP contribution is 2.37. The van der Waals surface area contributed by atoms with Crippen LogP contribution in [0.2, 0.25) is 0 Å². The second-order valence-electron chi connectivity index (χ2n) is 4.91. The average Bonchev–Trinajstić information content (AvgIpc) is 3.00. The highest BCUT2D eigenvalue weighted by Gasteiger charge is 2.17. The Hall–Kier alpha value is -2.48. The van der Waals surface area contributed by atoms with Gasteiger partial charge in [0.25, 0.3) is 0 Å². The number of carboxylic acids is 1. The fraction of sp³-hybridized carbons (Fsp3) is 0.267. The Bertz CT molecular complexity index is 745. The van der Waals surface area contributed by atoms with Crippen molar-refractivity contribution in [3.8, 4) is 11.1 Å². The molecule has 1 aromatic heterocycles. The van der Waals surface area contributed by atoms with Crippen LogP contribution in [0.1, 0.15) is 30.1 Å². The molecule has 0 saturated heterocycles. The number of thiol groups is 1. The maximum Gasteiger partial charge on any atom is 0.335 e. The molecule has 2 rings (SSSR count). The normalized spacial score (nSPS) is 10.7. The zero-order valence-corrected chi connectivity index (χ0v) is 13.4. The maximum atomic E-state index is 11.3. The van der Waals surface area contributed by atoms with E-state index in [1.807, 2.05) is 6.92 Å². The fourth-order valence-electron chi connectivity index (χ4n) is 2.21. The van der Waals surface area contributed by atoms with Gasteiger partial charge in [-0.1, -0.05) is 13.3 Å². The molecule has 0 fully saturated rings. The highest BCUT2D eigenvalue weighted by molar-refractivity contribution is 7.73. The van der Waals surface area contributed by atoms with Crippen LogP contribution in [0.4, 0.5) is 11.4 Å². The van der Waals surface area contributed by atoms with Crippen molar-refractivity contribution in [2.75, 3.05) is 16.6 Å². The van der Waals surface area contributed by atoms with Crippen molar-refractivity contribution in [1.29, 1.82) is 0 Å². The molecular formula is C15H18N2O5S. The van der Waals surface area contributed by atoms with E-state index in [2.05, 4.69) is 10.0 Å². The molecule has 23 heavy (non-hydrogen) atoms. The summed E-state index contributed by atoms with van der Waals surface area (Å²) in [6.45, 7) is 2.69. The third kappa shape index (κ3) is 4.26. The molecule has 0 atom stereocenters. The molecule has 0 radical (unpaired) electrons. The zero-order chi connectivity index (χ0) is 16.8. The number of carboxylic acid groups (broad SMARTS) is 1. The van der Waals surface area contributed by atoms with E-state index >= 15 is 0 Å². The van der Waals surface area contributed by atoms with Gasteiger partial charge in [0.15, 0.2) is 0 Å². The summed E-state index contributed by atoms with van der Waals surface area (Å²) in [6, 6.07) is 4.47. The minimum absolute atomic E-state index is 0.00408. The molecule has 0 amide bonds. The smallest absolute Gasteiger partial charge is 0.335 e. The van der Waals surface area contributed by atoms with E-state index in [4.69, 9.17) is 4.42 Å². The molecule has 8 heteroatoms. The van der Waals surface area contributed by atoms with Crippen LogP contribution in [-0.2, 0) is 10.9 Å². The summed E-state index contributed by atoms with van der Waals surface area (Å²) in [5, 5.41) is 12.4. The number of unbranched alkanes of at least 4 members (excludes halogenated alkanes) is 1. The van der Waals surface area contributed by atoms with Crippen molar-refractivity contribution in [2.24, 2.45) is 0 Å². The van der Waals surface area contributed by atoms with Crippen LogP contribution < -0.4 is 10.0 Å². The van der Waals surface area contributed by atoms with Crippen LogP contribution in [0.25, 0.3) is 11.1 Å². The number of hydrogen-bond donors (Lipinski definition) is 4. The number of benzene rings is 1. The molecule has 0 aliphatic heterocycles. The van der Waals surface area contributed by atoms with E-state index in [1.165, 1.54) is 24.7 Å². The third-order valence-corrected chi connectivity index (χ3v) is 3.68. The maximum absolute atomic E-state index is 11.3. The minimum Gasteiger partial charge on any atom is -0.478 e. The first-order valence-corrected chi connectivity index (χ1v) is 8.29. The van der Waals surface area contributed by atoms with Gasteiger partial charge in [-0.25, -0.2) is 13.2 Å². The third-order valence-electron chi connectivity index (χ3n) is 3.25. The Morgan fingerprint density at radius 2 is 2.04 bits per heavy atom. The van der Waals surface area contributed by atoms with Gasteiger partial charge in [-0.05, 0) is 24.6 Å². The van der Waals surface area contributed by atoms with Crippen molar-refractivity contribution in [2.45, 2.75) is 19.8 Å². The molecule has 1 aromatic carbocycles. The molecule has 2 aromatic rings. The molecule has 0 bridgehead atoms. The molecule has 0 aliphatic carbocycles. The quantitative estimate of drug-likeness (QED) is 0.435. The summed E-state index contributed by atoms with van der Waals surface area (Å²) < 4.78 is 29.5. The lowest BCUT2D eigenvalue weighted by atomic mass is 10.0. The number of carbonyl (C=O) groups is 1. The van der Waals surface area contributed by atoms with Crippen LogP contribution in [0, 0.1) is 0 Å². The van der Waals surface area contributed by atoms with Crippen molar-refractivity contribution >= 4 is 28.2 Å². The SMILES string of the molecule is CCCCNc1cc(C(=O)O)cc(N[SH](=O)=O)c1-c1ccoc1. The summed E-state index contributed by atoms with van der Waals surface area (Å²) in [5.74, 6) is -1.13. The van der Waals surface area contributed by atoms with Crippen molar-refractivity contribution in [3.63, 3.8) is 0 Å². The van der Waals surface area contributed by atoms with E-state index in [-0.39, 0.29) is 11.3 Å². The Morgan fingerprint density at radius 3 is 2.61 bits per heavy atom. The lowest BCUT2D eigenvalue weighted by Crippen LogP contribution is -2.08.